The standard InChI is InChI=1S/C23H18Cl2N4O2S/c1-31-20-5-3-2-4-19(20)22-27-28-23(29(22)18-12-8-16(25)9-13-18)32-14-21(30)26-17-10-6-15(24)7-11-17/h2-13H,14H2,1H3,(H,26,30). The summed E-state index contributed by atoms with van der Waals surface area (Å²) in [4.78, 5) is 12.5. The second-order valence-electron chi connectivity index (χ2n) is 6.66. The lowest BCUT2D eigenvalue weighted by molar-refractivity contribution is -0.113. The lowest BCUT2D eigenvalue weighted by Crippen LogP contribution is -2.14. The van der Waals surface area contributed by atoms with E-state index in [2.05, 4.69) is 15.5 Å². The number of nitrogens with one attached hydrogen (secondary N) is 1. The summed E-state index contributed by atoms with van der Waals surface area (Å²) in [5.41, 5.74) is 2.28. The third-order valence-corrected chi connectivity index (χ3v) is 5.96. The largest absolute Gasteiger partial charge is 0.496 e. The number of aromatic nitrogens is 3. The van der Waals surface area contributed by atoms with Crippen molar-refractivity contribution in [2.45, 2.75) is 5.16 Å². The summed E-state index contributed by atoms with van der Waals surface area (Å²) < 4.78 is 7.39. The molecule has 0 aliphatic rings. The minimum Gasteiger partial charge on any atom is -0.496 e. The number of carbonyl (C=O) groups excluding carboxylic acids is 1. The van der Waals surface area contributed by atoms with E-state index in [4.69, 9.17) is 27.9 Å². The molecule has 0 unspecified atom stereocenters. The molecular weight excluding hydrogens is 467 g/mol. The van der Waals surface area contributed by atoms with Crippen LogP contribution in [-0.4, -0.2) is 33.5 Å². The van der Waals surface area contributed by atoms with E-state index in [-0.39, 0.29) is 11.7 Å². The summed E-state index contributed by atoms with van der Waals surface area (Å²) in [6.07, 6.45) is 0. The maximum Gasteiger partial charge on any atom is 0.234 e. The van der Waals surface area contributed by atoms with Gasteiger partial charge in [0, 0.05) is 21.4 Å². The van der Waals surface area contributed by atoms with Crippen molar-refractivity contribution in [2.24, 2.45) is 0 Å². The van der Waals surface area contributed by atoms with Gasteiger partial charge in [-0.25, -0.2) is 0 Å². The van der Waals surface area contributed by atoms with Gasteiger partial charge in [-0.3, -0.25) is 9.36 Å². The van der Waals surface area contributed by atoms with E-state index in [1.807, 2.05) is 41.0 Å². The molecule has 0 radical (unpaired) electrons. The Bertz CT molecular complexity index is 1230. The first-order chi connectivity index (χ1) is 15.5. The van der Waals surface area contributed by atoms with E-state index in [9.17, 15) is 4.79 Å². The van der Waals surface area contributed by atoms with Crippen molar-refractivity contribution in [2.75, 3.05) is 18.2 Å². The van der Waals surface area contributed by atoms with Crippen LogP contribution >= 0.6 is 35.0 Å². The Morgan fingerprint density at radius 1 is 0.969 bits per heavy atom. The van der Waals surface area contributed by atoms with E-state index >= 15 is 0 Å². The molecule has 0 saturated carbocycles. The molecule has 1 heterocycles. The summed E-state index contributed by atoms with van der Waals surface area (Å²) in [5.74, 6) is 1.26. The smallest absolute Gasteiger partial charge is 0.234 e. The zero-order valence-corrected chi connectivity index (χ0v) is 19.3. The Kier molecular flexibility index (Phi) is 6.99. The lowest BCUT2D eigenvalue weighted by Gasteiger charge is -2.12. The molecule has 0 spiro atoms. The number of para-hydroxylation sites is 1. The number of halogens is 2. The number of ether oxygens (including phenoxy) is 1. The van der Waals surface area contributed by atoms with Crippen molar-refractivity contribution in [3.05, 3.63) is 82.8 Å². The number of hydrogen-bond donors (Lipinski definition) is 1. The molecule has 0 aliphatic carbocycles. The fourth-order valence-corrected chi connectivity index (χ4v) is 4.05. The first-order valence-corrected chi connectivity index (χ1v) is 11.3. The number of rotatable bonds is 7. The van der Waals surface area contributed by atoms with Crippen molar-refractivity contribution < 1.29 is 9.53 Å². The SMILES string of the molecule is COc1ccccc1-c1nnc(SCC(=O)Nc2ccc(Cl)cc2)n1-c1ccc(Cl)cc1. The van der Waals surface area contributed by atoms with Crippen LogP contribution in [-0.2, 0) is 4.79 Å². The highest BCUT2D eigenvalue weighted by Gasteiger charge is 2.19. The second kappa shape index (κ2) is 10.1. The van der Waals surface area contributed by atoms with Gasteiger partial charge < -0.3 is 10.1 Å². The fraction of sp³-hybridized carbons (Fsp3) is 0.0870. The van der Waals surface area contributed by atoms with Crippen LogP contribution in [0.3, 0.4) is 0 Å². The van der Waals surface area contributed by atoms with Gasteiger partial charge in [0.15, 0.2) is 11.0 Å². The van der Waals surface area contributed by atoms with Crippen LogP contribution in [0.2, 0.25) is 10.0 Å². The van der Waals surface area contributed by atoms with Crippen molar-refractivity contribution in [1.82, 2.24) is 14.8 Å². The Balaban J connectivity index is 1.63. The molecule has 0 aliphatic heterocycles. The Morgan fingerprint density at radius 3 is 2.31 bits per heavy atom. The Morgan fingerprint density at radius 2 is 1.62 bits per heavy atom. The molecule has 0 bridgehead atoms. The van der Waals surface area contributed by atoms with Crippen molar-refractivity contribution >= 4 is 46.6 Å². The van der Waals surface area contributed by atoms with Crippen LogP contribution < -0.4 is 10.1 Å². The molecule has 6 nitrogen and oxygen atoms in total. The number of benzene rings is 3. The lowest BCUT2D eigenvalue weighted by atomic mass is 10.2. The molecular formula is C23H18Cl2N4O2S. The van der Waals surface area contributed by atoms with E-state index < -0.39 is 0 Å². The number of nitrogens with zero attached hydrogens (tertiary/aromatic N) is 3. The van der Waals surface area contributed by atoms with Crippen molar-refractivity contribution in [3.63, 3.8) is 0 Å². The summed E-state index contributed by atoms with van der Waals surface area (Å²) >= 11 is 13.3. The maximum absolute atomic E-state index is 12.5. The molecule has 1 N–H and O–H groups in total. The molecule has 0 saturated heterocycles. The molecule has 4 rings (SSSR count). The summed E-state index contributed by atoms with van der Waals surface area (Å²) in [6.45, 7) is 0. The van der Waals surface area contributed by atoms with Gasteiger partial charge in [0.2, 0.25) is 5.91 Å². The van der Waals surface area contributed by atoms with Gasteiger partial charge in [0.25, 0.3) is 0 Å². The van der Waals surface area contributed by atoms with Gasteiger partial charge in [-0.2, -0.15) is 0 Å². The average molecular weight is 485 g/mol. The highest BCUT2D eigenvalue weighted by Crippen LogP contribution is 2.33. The third-order valence-electron chi connectivity index (χ3n) is 4.53. The van der Waals surface area contributed by atoms with Gasteiger partial charge in [-0.1, -0.05) is 47.1 Å². The van der Waals surface area contributed by atoms with Crippen LogP contribution in [0.5, 0.6) is 5.75 Å². The van der Waals surface area contributed by atoms with E-state index in [0.29, 0.717) is 32.5 Å². The third kappa shape index (κ3) is 5.07. The van der Waals surface area contributed by atoms with Crippen molar-refractivity contribution in [1.29, 1.82) is 0 Å². The summed E-state index contributed by atoms with van der Waals surface area (Å²) in [7, 11) is 1.61. The fourth-order valence-electron chi connectivity index (χ4n) is 3.05. The summed E-state index contributed by atoms with van der Waals surface area (Å²) in [6, 6.07) is 21.9. The first kappa shape index (κ1) is 22.2. The zero-order chi connectivity index (χ0) is 22.5. The molecule has 162 valence electrons. The van der Waals surface area contributed by atoms with E-state index in [1.54, 1.807) is 43.5 Å². The minimum atomic E-state index is -0.165. The van der Waals surface area contributed by atoms with Gasteiger partial charge in [0.05, 0.1) is 18.4 Å². The minimum absolute atomic E-state index is 0.153. The molecule has 9 heteroatoms. The van der Waals surface area contributed by atoms with E-state index in [0.717, 1.165) is 11.3 Å². The number of hydrogen-bond acceptors (Lipinski definition) is 5. The maximum atomic E-state index is 12.5. The van der Waals surface area contributed by atoms with Crippen LogP contribution in [0.25, 0.3) is 17.1 Å². The second-order valence-corrected chi connectivity index (χ2v) is 8.48. The Hall–Kier alpha value is -3.00. The highest BCUT2D eigenvalue weighted by molar-refractivity contribution is 7.99. The number of methoxy groups -OCH3 is 1. The number of carbonyl (C=O) groups is 1. The molecule has 1 aromatic heterocycles. The number of thioether (sulfide) groups is 1. The number of anilines is 1. The predicted octanol–water partition coefficient (Wildman–Crippen LogP) is 5.98. The van der Waals surface area contributed by atoms with Crippen LogP contribution in [0.1, 0.15) is 0 Å². The molecule has 0 atom stereocenters. The molecule has 3 aromatic carbocycles. The predicted molar refractivity (Wildman–Crippen MR) is 129 cm³/mol. The molecule has 32 heavy (non-hydrogen) atoms. The van der Waals surface area contributed by atoms with Gasteiger partial charge in [-0.15, -0.1) is 10.2 Å². The average Bonchev–Trinajstić information content (AvgIpc) is 3.23. The van der Waals surface area contributed by atoms with Gasteiger partial charge >= 0.3 is 0 Å². The molecule has 4 aromatic rings. The zero-order valence-electron chi connectivity index (χ0n) is 17.0. The normalized spacial score (nSPS) is 10.7. The Labute approximate surface area is 199 Å². The monoisotopic (exact) mass is 484 g/mol. The van der Waals surface area contributed by atoms with Crippen LogP contribution in [0.4, 0.5) is 5.69 Å². The van der Waals surface area contributed by atoms with Gasteiger partial charge in [-0.05, 0) is 60.7 Å². The first-order valence-electron chi connectivity index (χ1n) is 9.58. The quantitative estimate of drug-likeness (QED) is 0.326. The highest BCUT2D eigenvalue weighted by atomic mass is 35.5. The van der Waals surface area contributed by atoms with Crippen molar-refractivity contribution in [3.8, 4) is 22.8 Å². The topological polar surface area (TPSA) is 69.0 Å². The molecule has 0 fully saturated rings. The van der Waals surface area contributed by atoms with Crippen LogP contribution in [0.15, 0.2) is 78.0 Å². The number of amides is 1. The van der Waals surface area contributed by atoms with E-state index in [1.165, 1.54) is 11.8 Å². The van der Waals surface area contributed by atoms with Gasteiger partial charge in [0.1, 0.15) is 5.75 Å². The van der Waals surface area contributed by atoms with Crippen LogP contribution in [0, 0.1) is 0 Å². The summed E-state index contributed by atoms with van der Waals surface area (Å²) in [5, 5.41) is 13.4. The molecule has 1 amide bonds.